The minimum Gasteiger partial charge on any atom is -0.338 e. The summed E-state index contributed by atoms with van der Waals surface area (Å²) in [7, 11) is 0. The Balaban J connectivity index is 2.09. The Hall–Kier alpha value is -1.04. The summed E-state index contributed by atoms with van der Waals surface area (Å²) in [6.45, 7) is 2.70. The van der Waals surface area contributed by atoms with Gasteiger partial charge in [0.15, 0.2) is 0 Å². The van der Waals surface area contributed by atoms with Crippen LogP contribution in [0.1, 0.15) is 12.8 Å². The van der Waals surface area contributed by atoms with Gasteiger partial charge in [0, 0.05) is 17.4 Å². The van der Waals surface area contributed by atoms with Crippen molar-refractivity contribution in [2.45, 2.75) is 17.9 Å². The van der Waals surface area contributed by atoms with E-state index < -0.39 is 0 Å². The molecule has 0 amide bonds. The van der Waals surface area contributed by atoms with Gasteiger partial charge in [0.1, 0.15) is 0 Å². The lowest BCUT2D eigenvalue weighted by atomic mass is 10.2. The zero-order valence-corrected chi connectivity index (χ0v) is 11.5. The maximum Gasteiger partial charge on any atom is 0.236 e. The van der Waals surface area contributed by atoms with Crippen molar-refractivity contribution in [3.05, 3.63) is 35.2 Å². The van der Waals surface area contributed by atoms with Crippen LogP contribution < -0.4 is 5.73 Å². The molecule has 0 fully saturated rings. The molecule has 4 nitrogen and oxygen atoms in total. The summed E-state index contributed by atoms with van der Waals surface area (Å²) in [6, 6.07) is 7.43. The molecule has 0 aliphatic rings. The van der Waals surface area contributed by atoms with Gasteiger partial charge in [0.2, 0.25) is 11.7 Å². The molecule has 1 heterocycles. The highest BCUT2D eigenvalue weighted by Crippen LogP contribution is 2.25. The number of rotatable bonds is 5. The number of benzene rings is 1. The highest BCUT2D eigenvalue weighted by atomic mass is 35.5. The lowest BCUT2D eigenvalue weighted by molar-refractivity contribution is 0.391. The third-order valence-electron chi connectivity index (χ3n) is 2.41. The summed E-state index contributed by atoms with van der Waals surface area (Å²) in [5, 5.41) is 4.93. The van der Waals surface area contributed by atoms with E-state index in [1.807, 2.05) is 18.2 Å². The first-order valence-electron chi connectivity index (χ1n) is 5.60. The maximum atomic E-state index is 6.07. The van der Waals surface area contributed by atoms with Gasteiger partial charge < -0.3 is 10.3 Å². The van der Waals surface area contributed by atoms with Crippen molar-refractivity contribution in [2.75, 3.05) is 6.54 Å². The van der Waals surface area contributed by atoms with Crippen LogP contribution in [-0.4, -0.2) is 21.9 Å². The molecule has 2 aromatic rings. The summed E-state index contributed by atoms with van der Waals surface area (Å²) >= 11 is 7.76. The molecular weight excluding hydrogens is 270 g/mol. The van der Waals surface area contributed by atoms with Crippen molar-refractivity contribution in [1.29, 1.82) is 0 Å². The number of hydrogen-bond acceptors (Lipinski definition) is 5. The first-order valence-corrected chi connectivity index (χ1v) is 7.02. The Morgan fingerprint density at radius 1 is 1.44 bits per heavy atom. The molecule has 0 aliphatic heterocycles. The Labute approximate surface area is 115 Å². The zero-order chi connectivity index (χ0) is 13.0. The van der Waals surface area contributed by atoms with Crippen LogP contribution >= 0.6 is 23.4 Å². The summed E-state index contributed by atoms with van der Waals surface area (Å²) in [4.78, 5) is 4.32. The molecule has 1 atom stereocenters. The quantitative estimate of drug-likeness (QED) is 0.914. The summed E-state index contributed by atoms with van der Waals surface area (Å²) in [5.41, 5.74) is 6.33. The molecule has 2 N–H and O–H groups in total. The standard InChI is InChI=1S/C12H14ClN3OS/c1-8(6-14)18-7-11-15-12(16-17-11)9-4-2-3-5-10(9)13/h2-5,8H,6-7,14H2,1H3. The second-order valence-electron chi connectivity index (χ2n) is 3.85. The van der Waals surface area contributed by atoms with Gasteiger partial charge in [-0.25, -0.2) is 0 Å². The normalized spacial score (nSPS) is 12.6. The first-order chi connectivity index (χ1) is 8.70. The van der Waals surface area contributed by atoms with E-state index in [4.69, 9.17) is 21.9 Å². The molecule has 1 aromatic carbocycles. The van der Waals surface area contributed by atoms with E-state index in [-0.39, 0.29) is 0 Å². The molecule has 0 radical (unpaired) electrons. The predicted octanol–water partition coefficient (Wildman–Crippen LogP) is 2.97. The van der Waals surface area contributed by atoms with Gasteiger partial charge in [-0.05, 0) is 12.1 Å². The van der Waals surface area contributed by atoms with Crippen LogP contribution in [0.4, 0.5) is 0 Å². The Morgan fingerprint density at radius 3 is 2.94 bits per heavy atom. The molecule has 0 bridgehead atoms. The van der Waals surface area contributed by atoms with E-state index in [1.165, 1.54) is 0 Å². The van der Waals surface area contributed by atoms with Crippen molar-refractivity contribution >= 4 is 23.4 Å². The second-order valence-corrected chi connectivity index (χ2v) is 5.68. The monoisotopic (exact) mass is 283 g/mol. The van der Waals surface area contributed by atoms with Gasteiger partial charge in [-0.15, -0.1) is 11.8 Å². The molecule has 0 saturated carbocycles. The van der Waals surface area contributed by atoms with E-state index in [0.717, 1.165) is 5.56 Å². The van der Waals surface area contributed by atoms with Crippen LogP contribution in [0.3, 0.4) is 0 Å². The molecule has 96 valence electrons. The van der Waals surface area contributed by atoms with Crippen LogP contribution in [-0.2, 0) is 5.75 Å². The molecule has 0 aliphatic carbocycles. The average molecular weight is 284 g/mol. The average Bonchev–Trinajstić information content (AvgIpc) is 2.85. The van der Waals surface area contributed by atoms with Gasteiger partial charge >= 0.3 is 0 Å². The number of nitrogens with zero attached hydrogens (tertiary/aromatic N) is 2. The molecule has 0 saturated heterocycles. The number of aromatic nitrogens is 2. The lowest BCUT2D eigenvalue weighted by Gasteiger charge is -2.04. The molecular formula is C12H14ClN3OS. The fourth-order valence-corrected chi connectivity index (χ4v) is 2.25. The Kier molecular flexibility index (Phi) is 4.63. The van der Waals surface area contributed by atoms with E-state index in [2.05, 4.69) is 17.1 Å². The maximum absolute atomic E-state index is 6.07. The zero-order valence-electron chi connectivity index (χ0n) is 9.97. The fourth-order valence-electron chi connectivity index (χ4n) is 1.35. The predicted molar refractivity (Wildman–Crippen MR) is 74.6 cm³/mol. The van der Waals surface area contributed by atoms with E-state index in [0.29, 0.717) is 34.3 Å². The third kappa shape index (κ3) is 3.25. The van der Waals surface area contributed by atoms with Crippen molar-refractivity contribution in [3.8, 4) is 11.4 Å². The van der Waals surface area contributed by atoms with Crippen LogP contribution in [0.2, 0.25) is 5.02 Å². The molecule has 6 heteroatoms. The van der Waals surface area contributed by atoms with Crippen LogP contribution in [0, 0.1) is 0 Å². The molecule has 0 spiro atoms. The van der Waals surface area contributed by atoms with Crippen molar-refractivity contribution in [1.82, 2.24) is 10.1 Å². The largest absolute Gasteiger partial charge is 0.338 e. The number of halogens is 1. The van der Waals surface area contributed by atoms with Gasteiger partial charge in [-0.2, -0.15) is 4.98 Å². The van der Waals surface area contributed by atoms with E-state index in [9.17, 15) is 0 Å². The van der Waals surface area contributed by atoms with Crippen LogP contribution in [0.15, 0.2) is 28.8 Å². The topological polar surface area (TPSA) is 64.9 Å². The highest BCUT2D eigenvalue weighted by molar-refractivity contribution is 7.99. The minimum absolute atomic E-state index is 0.376. The summed E-state index contributed by atoms with van der Waals surface area (Å²) in [5.74, 6) is 1.78. The number of thioether (sulfide) groups is 1. The Morgan fingerprint density at radius 2 is 2.22 bits per heavy atom. The molecule has 18 heavy (non-hydrogen) atoms. The van der Waals surface area contributed by atoms with E-state index >= 15 is 0 Å². The summed E-state index contributed by atoms with van der Waals surface area (Å²) < 4.78 is 5.19. The van der Waals surface area contributed by atoms with Crippen molar-refractivity contribution in [2.24, 2.45) is 5.73 Å². The lowest BCUT2D eigenvalue weighted by Crippen LogP contribution is -2.12. The number of hydrogen-bond donors (Lipinski definition) is 1. The molecule has 1 aromatic heterocycles. The fraction of sp³-hybridized carbons (Fsp3) is 0.333. The van der Waals surface area contributed by atoms with E-state index in [1.54, 1.807) is 17.8 Å². The van der Waals surface area contributed by atoms with Gasteiger partial charge in [0.25, 0.3) is 0 Å². The van der Waals surface area contributed by atoms with Gasteiger partial charge in [-0.3, -0.25) is 0 Å². The Bertz CT molecular complexity index is 518. The van der Waals surface area contributed by atoms with Crippen LogP contribution in [0.5, 0.6) is 0 Å². The highest BCUT2D eigenvalue weighted by Gasteiger charge is 2.12. The SMILES string of the molecule is CC(CN)SCc1nc(-c2ccccc2Cl)no1. The number of nitrogens with two attached hydrogens (primary N) is 1. The van der Waals surface area contributed by atoms with Crippen LogP contribution in [0.25, 0.3) is 11.4 Å². The second kappa shape index (κ2) is 6.22. The molecule has 2 rings (SSSR count). The smallest absolute Gasteiger partial charge is 0.236 e. The summed E-state index contributed by atoms with van der Waals surface area (Å²) in [6.07, 6.45) is 0. The third-order valence-corrected chi connectivity index (χ3v) is 3.91. The van der Waals surface area contributed by atoms with Crippen molar-refractivity contribution < 1.29 is 4.52 Å². The first kappa shape index (κ1) is 13.4. The van der Waals surface area contributed by atoms with Gasteiger partial charge in [-0.1, -0.05) is 35.8 Å². The van der Waals surface area contributed by atoms with Gasteiger partial charge in [0.05, 0.1) is 10.8 Å². The molecule has 1 unspecified atom stereocenters. The minimum atomic E-state index is 0.376. The van der Waals surface area contributed by atoms with Crippen molar-refractivity contribution in [3.63, 3.8) is 0 Å².